The summed E-state index contributed by atoms with van der Waals surface area (Å²) in [6.45, 7) is 6.30. The Balaban J connectivity index is 2.12. The van der Waals surface area contributed by atoms with E-state index in [4.69, 9.17) is 4.74 Å². The maximum Gasteiger partial charge on any atom is 0.251 e. The van der Waals surface area contributed by atoms with E-state index in [1.807, 2.05) is 30.3 Å². The van der Waals surface area contributed by atoms with E-state index in [1.54, 1.807) is 7.11 Å². The smallest absolute Gasteiger partial charge is 0.251 e. The molecule has 0 fully saturated rings. The van der Waals surface area contributed by atoms with Gasteiger partial charge in [-0.05, 0) is 45.7 Å². The van der Waals surface area contributed by atoms with Gasteiger partial charge in [-0.15, -0.1) is 0 Å². The van der Waals surface area contributed by atoms with Crippen LogP contribution in [-0.2, 0) is 4.74 Å². The van der Waals surface area contributed by atoms with Gasteiger partial charge < -0.3 is 10.1 Å². The van der Waals surface area contributed by atoms with Crippen molar-refractivity contribution in [2.45, 2.75) is 45.3 Å². The number of allylic oxidation sites excluding steroid dienone is 1. The quantitative estimate of drug-likeness (QED) is 0.860. The van der Waals surface area contributed by atoms with E-state index in [9.17, 15) is 4.79 Å². The third-order valence-corrected chi connectivity index (χ3v) is 4.37. The van der Waals surface area contributed by atoms with Gasteiger partial charge in [0, 0.05) is 24.1 Å². The lowest BCUT2D eigenvalue weighted by Crippen LogP contribution is -2.53. The summed E-state index contributed by atoms with van der Waals surface area (Å²) in [4.78, 5) is 12.4. The summed E-state index contributed by atoms with van der Waals surface area (Å²) in [5, 5.41) is 3.17. The van der Waals surface area contributed by atoms with Crippen molar-refractivity contribution in [3.63, 3.8) is 0 Å². The third kappa shape index (κ3) is 3.73. The molecule has 114 valence electrons. The van der Waals surface area contributed by atoms with Gasteiger partial charge in [-0.25, -0.2) is 0 Å². The van der Waals surface area contributed by atoms with Gasteiger partial charge >= 0.3 is 0 Å². The number of amides is 1. The minimum Gasteiger partial charge on any atom is -0.377 e. The zero-order valence-corrected chi connectivity index (χ0v) is 13.3. The second kappa shape index (κ2) is 6.44. The van der Waals surface area contributed by atoms with Gasteiger partial charge in [-0.3, -0.25) is 4.79 Å². The Morgan fingerprint density at radius 3 is 2.57 bits per heavy atom. The molecule has 1 aliphatic carbocycles. The molecule has 0 saturated carbocycles. The second-order valence-corrected chi connectivity index (χ2v) is 6.40. The second-order valence-electron chi connectivity index (χ2n) is 6.40. The number of hydrogen-bond donors (Lipinski definition) is 1. The summed E-state index contributed by atoms with van der Waals surface area (Å²) in [5.74, 6) is 0.251. The lowest BCUT2D eigenvalue weighted by molar-refractivity contribution is 0.0357. The zero-order valence-electron chi connectivity index (χ0n) is 13.3. The Hall–Kier alpha value is -1.61. The number of hydrogen-bond acceptors (Lipinski definition) is 2. The topological polar surface area (TPSA) is 38.3 Å². The minimum atomic E-state index is -0.315. The first-order valence-electron chi connectivity index (χ1n) is 7.51. The van der Waals surface area contributed by atoms with Crippen LogP contribution in [0.15, 0.2) is 42.0 Å². The molecule has 1 aliphatic rings. The molecule has 21 heavy (non-hydrogen) atoms. The van der Waals surface area contributed by atoms with Crippen molar-refractivity contribution in [3.05, 3.63) is 47.5 Å². The first kappa shape index (κ1) is 15.8. The molecule has 3 heteroatoms. The van der Waals surface area contributed by atoms with Gasteiger partial charge in [0.05, 0.1) is 6.10 Å². The van der Waals surface area contributed by atoms with Crippen LogP contribution < -0.4 is 5.32 Å². The lowest BCUT2D eigenvalue weighted by Gasteiger charge is -2.41. The van der Waals surface area contributed by atoms with E-state index < -0.39 is 0 Å². The van der Waals surface area contributed by atoms with E-state index >= 15 is 0 Å². The van der Waals surface area contributed by atoms with Crippen LogP contribution in [0.5, 0.6) is 0 Å². The fraction of sp³-hybridized carbons (Fsp3) is 0.500. The number of benzene rings is 1. The first-order chi connectivity index (χ1) is 9.94. The number of rotatable bonds is 4. The van der Waals surface area contributed by atoms with Crippen LogP contribution in [0.2, 0.25) is 0 Å². The van der Waals surface area contributed by atoms with Crippen molar-refractivity contribution in [2.75, 3.05) is 7.11 Å². The summed E-state index contributed by atoms with van der Waals surface area (Å²) < 4.78 is 5.62. The molecule has 0 aromatic heterocycles. The van der Waals surface area contributed by atoms with Gasteiger partial charge in [-0.1, -0.05) is 29.8 Å². The molecule has 2 unspecified atom stereocenters. The molecule has 1 aromatic carbocycles. The predicted octanol–water partition coefficient (Wildman–Crippen LogP) is 3.57. The minimum absolute atomic E-state index is 0.0262. The molecular formula is C18H25NO2. The molecule has 0 heterocycles. The Morgan fingerprint density at radius 1 is 1.29 bits per heavy atom. The number of methoxy groups -OCH3 is 1. The van der Waals surface area contributed by atoms with Crippen molar-refractivity contribution in [1.29, 1.82) is 0 Å². The Labute approximate surface area is 127 Å². The van der Waals surface area contributed by atoms with Crippen molar-refractivity contribution < 1.29 is 9.53 Å². The monoisotopic (exact) mass is 287 g/mol. The molecule has 0 radical (unpaired) electrons. The van der Waals surface area contributed by atoms with Crippen molar-refractivity contribution in [1.82, 2.24) is 5.32 Å². The highest BCUT2D eigenvalue weighted by atomic mass is 16.5. The fourth-order valence-electron chi connectivity index (χ4n) is 3.08. The van der Waals surface area contributed by atoms with Gasteiger partial charge in [0.25, 0.3) is 5.91 Å². The summed E-state index contributed by atoms with van der Waals surface area (Å²) in [5.41, 5.74) is 1.75. The third-order valence-electron chi connectivity index (χ3n) is 4.37. The van der Waals surface area contributed by atoms with Crippen molar-refractivity contribution >= 4 is 5.91 Å². The fourth-order valence-corrected chi connectivity index (χ4v) is 3.08. The number of carbonyl (C=O) groups is 1. The van der Waals surface area contributed by atoms with Crippen molar-refractivity contribution in [3.8, 4) is 0 Å². The van der Waals surface area contributed by atoms with Crippen LogP contribution in [-0.4, -0.2) is 24.7 Å². The van der Waals surface area contributed by atoms with Crippen LogP contribution in [0.1, 0.15) is 44.0 Å². The molecular weight excluding hydrogens is 262 g/mol. The SMILES string of the molecule is COC1C=C(C)CCC1C(C)(C)NC(=O)c1ccccc1. The zero-order chi connectivity index (χ0) is 15.5. The molecule has 1 amide bonds. The average Bonchev–Trinajstić information content (AvgIpc) is 2.47. The van der Waals surface area contributed by atoms with Crippen molar-refractivity contribution in [2.24, 2.45) is 5.92 Å². The Kier molecular flexibility index (Phi) is 4.84. The van der Waals surface area contributed by atoms with Crippen LogP contribution in [0, 0.1) is 5.92 Å². The number of ether oxygens (including phenoxy) is 1. The summed E-state index contributed by atoms with van der Waals surface area (Å²) in [6, 6.07) is 9.35. The molecule has 2 atom stereocenters. The first-order valence-corrected chi connectivity index (χ1v) is 7.51. The Morgan fingerprint density at radius 2 is 1.95 bits per heavy atom. The number of nitrogens with one attached hydrogen (secondary N) is 1. The Bertz CT molecular complexity index is 519. The van der Waals surface area contributed by atoms with Crippen LogP contribution in [0.4, 0.5) is 0 Å². The average molecular weight is 287 g/mol. The molecule has 0 saturated heterocycles. The van der Waals surface area contributed by atoms with E-state index in [2.05, 4.69) is 32.2 Å². The summed E-state index contributed by atoms with van der Waals surface area (Å²) in [6.07, 6.45) is 4.34. The van der Waals surface area contributed by atoms with Crippen LogP contribution in [0.25, 0.3) is 0 Å². The molecule has 1 N–H and O–H groups in total. The van der Waals surface area contributed by atoms with Gasteiger partial charge in [0.15, 0.2) is 0 Å². The molecule has 3 nitrogen and oxygen atoms in total. The van der Waals surface area contributed by atoms with E-state index in [-0.39, 0.29) is 23.5 Å². The molecule has 0 aliphatic heterocycles. The van der Waals surface area contributed by atoms with Crippen LogP contribution >= 0.6 is 0 Å². The van der Waals surface area contributed by atoms with Crippen LogP contribution in [0.3, 0.4) is 0 Å². The maximum atomic E-state index is 12.4. The van der Waals surface area contributed by atoms with E-state index in [0.29, 0.717) is 5.56 Å². The standard InChI is InChI=1S/C18H25NO2/c1-13-10-11-15(16(12-13)21-4)18(2,3)19-17(20)14-8-6-5-7-9-14/h5-9,12,15-16H,10-11H2,1-4H3,(H,19,20). The summed E-state index contributed by atoms with van der Waals surface area (Å²) in [7, 11) is 1.74. The normalized spacial score (nSPS) is 22.6. The van der Waals surface area contributed by atoms with E-state index in [0.717, 1.165) is 12.8 Å². The van der Waals surface area contributed by atoms with E-state index in [1.165, 1.54) is 5.57 Å². The van der Waals surface area contributed by atoms with Gasteiger partial charge in [-0.2, -0.15) is 0 Å². The lowest BCUT2D eigenvalue weighted by atomic mass is 9.75. The highest BCUT2D eigenvalue weighted by Crippen LogP contribution is 2.33. The highest BCUT2D eigenvalue weighted by Gasteiger charge is 2.37. The molecule has 0 spiro atoms. The predicted molar refractivity (Wildman–Crippen MR) is 85.3 cm³/mol. The number of carbonyl (C=O) groups excluding carboxylic acids is 1. The molecule has 0 bridgehead atoms. The molecule has 1 aromatic rings. The van der Waals surface area contributed by atoms with Gasteiger partial charge in [0.1, 0.15) is 0 Å². The summed E-state index contributed by atoms with van der Waals surface area (Å²) >= 11 is 0. The largest absolute Gasteiger partial charge is 0.377 e. The maximum absolute atomic E-state index is 12.4. The van der Waals surface area contributed by atoms with Gasteiger partial charge in [0.2, 0.25) is 0 Å². The molecule has 2 rings (SSSR count). The highest BCUT2D eigenvalue weighted by molar-refractivity contribution is 5.94.